The zero-order valence-corrected chi connectivity index (χ0v) is 10.5. The highest BCUT2D eigenvalue weighted by Gasteiger charge is 2.14. The van der Waals surface area contributed by atoms with Crippen molar-refractivity contribution in [2.45, 2.75) is 17.9 Å². The highest BCUT2D eigenvalue weighted by atomic mass is 32.2. The molecule has 1 unspecified atom stereocenters. The quantitative estimate of drug-likeness (QED) is 0.761. The summed E-state index contributed by atoms with van der Waals surface area (Å²) < 4.78 is 26.0. The smallest absolute Gasteiger partial charge is 0.242 e. The van der Waals surface area contributed by atoms with Crippen molar-refractivity contribution in [1.29, 1.82) is 5.26 Å². The Hall–Kier alpha value is -1.49. The van der Waals surface area contributed by atoms with Gasteiger partial charge in [0.2, 0.25) is 10.0 Å². The van der Waals surface area contributed by atoms with E-state index in [1.165, 1.54) is 18.3 Å². The van der Waals surface area contributed by atoms with E-state index in [-0.39, 0.29) is 16.6 Å². The minimum Gasteiger partial charge on any atom is -0.316 e. The first-order chi connectivity index (χ1) is 7.99. The molecule has 0 fully saturated rings. The molecule has 1 aromatic rings. The number of likely N-dealkylation sites (N-methyl/N-ethyl adjacent to an activating group) is 1. The van der Waals surface area contributed by atoms with Gasteiger partial charge in [0.25, 0.3) is 0 Å². The van der Waals surface area contributed by atoms with Gasteiger partial charge in [-0.1, -0.05) is 0 Å². The molecule has 0 saturated heterocycles. The second-order valence-corrected chi connectivity index (χ2v) is 5.30. The Kier molecular flexibility index (Phi) is 4.57. The molecule has 6 nitrogen and oxygen atoms in total. The van der Waals surface area contributed by atoms with Crippen LogP contribution in [0.4, 0.5) is 0 Å². The molecule has 1 heterocycles. The average Bonchev–Trinajstić information content (AvgIpc) is 2.36. The summed E-state index contributed by atoms with van der Waals surface area (Å²) in [7, 11) is -1.80. The third-order valence-electron chi connectivity index (χ3n) is 2.23. The first-order valence-corrected chi connectivity index (χ1v) is 6.51. The van der Waals surface area contributed by atoms with E-state index in [9.17, 15) is 8.42 Å². The lowest BCUT2D eigenvalue weighted by Crippen LogP contribution is -2.37. The van der Waals surface area contributed by atoms with E-state index >= 15 is 0 Å². The van der Waals surface area contributed by atoms with Crippen LogP contribution in [0.25, 0.3) is 0 Å². The minimum absolute atomic E-state index is 0.0381. The van der Waals surface area contributed by atoms with Gasteiger partial charge >= 0.3 is 0 Å². The zero-order valence-electron chi connectivity index (χ0n) is 9.64. The summed E-state index contributed by atoms with van der Waals surface area (Å²) in [6, 6.07) is 4.60. The van der Waals surface area contributed by atoms with Crippen LogP contribution in [0.5, 0.6) is 0 Å². The van der Waals surface area contributed by atoms with Crippen molar-refractivity contribution in [2.75, 3.05) is 13.6 Å². The zero-order chi connectivity index (χ0) is 12.9. The monoisotopic (exact) mass is 254 g/mol. The van der Waals surface area contributed by atoms with Gasteiger partial charge in [-0.3, -0.25) is 0 Å². The maximum atomic E-state index is 11.8. The van der Waals surface area contributed by atoms with Gasteiger partial charge in [-0.05, 0) is 26.1 Å². The third kappa shape index (κ3) is 3.78. The number of rotatable bonds is 5. The number of nitrogens with one attached hydrogen (secondary N) is 2. The maximum Gasteiger partial charge on any atom is 0.242 e. The SMILES string of the molecule is CNC(C)CNS(=O)(=O)c1ccc(C#N)nc1. The van der Waals surface area contributed by atoms with Crippen LogP contribution < -0.4 is 10.0 Å². The fourth-order valence-corrected chi connectivity index (χ4v) is 2.10. The number of aromatic nitrogens is 1. The first kappa shape index (κ1) is 13.6. The molecule has 0 aliphatic rings. The molecule has 0 saturated carbocycles. The van der Waals surface area contributed by atoms with Crippen LogP contribution in [0.2, 0.25) is 0 Å². The van der Waals surface area contributed by atoms with E-state index in [0.29, 0.717) is 6.54 Å². The van der Waals surface area contributed by atoms with Crippen molar-refractivity contribution in [3.05, 3.63) is 24.0 Å². The Morgan fingerprint density at radius 2 is 2.24 bits per heavy atom. The van der Waals surface area contributed by atoms with Crippen LogP contribution in [-0.2, 0) is 10.0 Å². The number of nitriles is 1. The molecule has 0 aliphatic heterocycles. The number of hydrogen-bond donors (Lipinski definition) is 2. The molecular formula is C10H14N4O2S. The van der Waals surface area contributed by atoms with E-state index in [4.69, 9.17) is 5.26 Å². The molecule has 1 atom stereocenters. The topological polar surface area (TPSA) is 94.9 Å². The molecule has 0 aliphatic carbocycles. The van der Waals surface area contributed by atoms with Gasteiger partial charge in [-0.15, -0.1) is 0 Å². The van der Waals surface area contributed by atoms with E-state index in [1.54, 1.807) is 7.05 Å². The second kappa shape index (κ2) is 5.72. The summed E-state index contributed by atoms with van der Waals surface area (Å²) in [5, 5.41) is 11.5. The lowest BCUT2D eigenvalue weighted by Gasteiger charge is -2.11. The van der Waals surface area contributed by atoms with Gasteiger partial charge in [0.15, 0.2) is 0 Å². The van der Waals surface area contributed by atoms with Crippen molar-refractivity contribution >= 4 is 10.0 Å². The predicted octanol–water partition coefficient (Wildman–Crippen LogP) is -0.161. The molecule has 2 N–H and O–H groups in total. The lowest BCUT2D eigenvalue weighted by molar-refractivity contribution is 0.554. The van der Waals surface area contributed by atoms with Crippen LogP contribution in [0, 0.1) is 11.3 Å². The third-order valence-corrected chi connectivity index (χ3v) is 3.64. The summed E-state index contributed by atoms with van der Waals surface area (Å²) in [5.41, 5.74) is 0.188. The number of sulfonamides is 1. The summed E-state index contributed by atoms with van der Waals surface area (Å²) in [4.78, 5) is 3.77. The van der Waals surface area contributed by atoms with Gasteiger partial charge in [-0.25, -0.2) is 18.1 Å². The molecule has 17 heavy (non-hydrogen) atoms. The maximum absolute atomic E-state index is 11.8. The Bertz CT molecular complexity index is 504. The van der Waals surface area contributed by atoms with Crippen LogP contribution in [-0.4, -0.2) is 33.0 Å². The van der Waals surface area contributed by atoms with Crippen molar-refractivity contribution in [3.63, 3.8) is 0 Å². The van der Waals surface area contributed by atoms with Gasteiger partial charge in [0.05, 0.1) is 0 Å². The minimum atomic E-state index is -3.55. The fourth-order valence-electron chi connectivity index (χ4n) is 1.03. The molecule has 0 radical (unpaired) electrons. The standard InChI is InChI=1S/C10H14N4O2S/c1-8(12-2)6-14-17(15,16)10-4-3-9(5-11)13-7-10/h3-4,7-8,12,14H,6H2,1-2H3. The Morgan fingerprint density at radius 1 is 1.53 bits per heavy atom. The van der Waals surface area contributed by atoms with Gasteiger partial charge in [0.1, 0.15) is 16.7 Å². The normalized spacial score (nSPS) is 13.0. The highest BCUT2D eigenvalue weighted by Crippen LogP contribution is 2.07. The first-order valence-electron chi connectivity index (χ1n) is 5.02. The van der Waals surface area contributed by atoms with Crippen molar-refractivity contribution in [1.82, 2.24) is 15.0 Å². The molecule has 92 valence electrons. The fraction of sp³-hybridized carbons (Fsp3) is 0.400. The predicted molar refractivity (Wildman–Crippen MR) is 62.7 cm³/mol. The number of hydrogen-bond acceptors (Lipinski definition) is 5. The lowest BCUT2D eigenvalue weighted by atomic mass is 10.4. The Labute approximate surface area is 101 Å². The van der Waals surface area contributed by atoms with E-state index in [0.717, 1.165) is 0 Å². The second-order valence-electron chi connectivity index (χ2n) is 3.53. The summed E-state index contributed by atoms with van der Waals surface area (Å²) in [5.74, 6) is 0. The summed E-state index contributed by atoms with van der Waals surface area (Å²) in [6.45, 7) is 2.15. The van der Waals surface area contributed by atoms with Crippen molar-refractivity contribution in [2.24, 2.45) is 0 Å². The summed E-state index contributed by atoms with van der Waals surface area (Å²) in [6.07, 6.45) is 1.17. The molecule has 0 spiro atoms. The highest BCUT2D eigenvalue weighted by molar-refractivity contribution is 7.89. The summed E-state index contributed by atoms with van der Waals surface area (Å²) >= 11 is 0. The van der Waals surface area contributed by atoms with E-state index in [2.05, 4.69) is 15.0 Å². The molecule has 0 amide bonds. The van der Waals surface area contributed by atoms with Crippen LogP contribution >= 0.6 is 0 Å². The molecule has 7 heteroatoms. The molecule has 1 rings (SSSR count). The molecule has 1 aromatic heterocycles. The van der Waals surface area contributed by atoms with E-state index < -0.39 is 10.0 Å². The Morgan fingerprint density at radius 3 is 2.71 bits per heavy atom. The van der Waals surface area contributed by atoms with Crippen molar-refractivity contribution < 1.29 is 8.42 Å². The average molecular weight is 254 g/mol. The molecule has 0 bridgehead atoms. The number of pyridine rings is 1. The largest absolute Gasteiger partial charge is 0.316 e. The van der Waals surface area contributed by atoms with Gasteiger partial charge in [-0.2, -0.15) is 5.26 Å². The Balaban J connectivity index is 2.79. The van der Waals surface area contributed by atoms with Gasteiger partial charge in [0, 0.05) is 18.8 Å². The number of nitrogens with zero attached hydrogens (tertiary/aromatic N) is 2. The van der Waals surface area contributed by atoms with Crippen LogP contribution in [0.3, 0.4) is 0 Å². The van der Waals surface area contributed by atoms with Gasteiger partial charge < -0.3 is 5.32 Å². The molecular weight excluding hydrogens is 240 g/mol. The van der Waals surface area contributed by atoms with Crippen LogP contribution in [0.15, 0.2) is 23.2 Å². The van der Waals surface area contributed by atoms with Crippen molar-refractivity contribution in [3.8, 4) is 6.07 Å². The molecule has 0 aromatic carbocycles. The van der Waals surface area contributed by atoms with E-state index in [1.807, 2.05) is 13.0 Å². The van der Waals surface area contributed by atoms with Crippen LogP contribution in [0.1, 0.15) is 12.6 Å².